The highest BCUT2D eigenvalue weighted by molar-refractivity contribution is 5.95. The number of para-hydroxylation sites is 1. The number of halogens is 3. The van der Waals surface area contributed by atoms with E-state index in [0.29, 0.717) is 18.4 Å². The van der Waals surface area contributed by atoms with Crippen LogP contribution in [0.2, 0.25) is 0 Å². The van der Waals surface area contributed by atoms with Gasteiger partial charge in [-0.25, -0.2) is 4.68 Å². The van der Waals surface area contributed by atoms with Crippen LogP contribution in [0.3, 0.4) is 0 Å². The van der Waals surface area contributed by atoms with Crippen molar-refractivity contribution in [3.8, 4) is 5.69 Å². The number of carboxylic acids is 1. The smallest absolute Gasteiger partial charge is 0.434 e. The number of rotatable bonds is 4. The minimum atomic E-state index is -4.79. The first-order chi connectivity index (χ1) is 12.7. The number of carbonyl (C=O) groups excluding carboxylic acids is 1. The van der Waals surface area contributed by atoms with Crippen LogP contribution in [-0.2, 0) is 11.0 Å². The van der Waals surface area contributed by atoms with Crippen molar-refractivity contribution in [1.29, 1.82) is 0 Å². The van der Waals surface area contributed by atoms with Crippen molar-refractivity contribution >= 4 is 11.9 Å². The van der Waals surface area contributed by atoms with Gasteiger partial charge in [-0.3, -0.25) is 9.59 Å². The van der Waals surface area contributed by atoms with E-state index in [1.54, 1.807) is 25.1 Å². The molecule has 0 radical (unpaired) electrons. The van der Waals surface area contributed by atoms with E-state index in [1.165, 1.54) is 6.07 Å². The van der Waals surface area contributed by atoms with Crippen molar-refractivity contribution in [3.63, 3.8) is 0 Å². The minimum absolute atomic E-state index is 0.203. The molecule has 1 saturated carbocycles. The lowest BCUT2D eigenvalue weighted by molar-refractivity contribution is -0.143. The Labute approximate surface area is 153 Å². The van der Waals surface area contributed by atoms with Gasteiger partial charge in [0.05, 0.1) is 23.4 Å². The predicted octanol–water partition coefficient (Wildman–Crippen LogP) is 3.18. The second kappa shape index (κ2) is 7.05. The van der Waals surface area contributed by atoms with Crippen molar-refractivity contribution < 1.29 is 27.9 Å². The van der Waals surface area contributed by atoms with Crippen LogP contribution in [0.4, 0.5) is 13.2 Å². The molecule has 144 valence electrons. The van der Waals surface area contributed by atoms with Crippen LogP contribution >= 0.6 is 0 Å². The molecule has 6 nitrogen and oxygen atoms in total. The van der Waals surface area contributed by atoms with E-state index in [9.17, 15) is 22.8 Å². The number of benzene rings is 1. The molecule has 1 aliphatic rings. The number of carbonyl (C=O) groups is 2. The van der Waals surface area contributed by atoms with Crippen LogP contribution in [0.15, 0.2) is 30.5 Å². The number of aromatic nitrogens is 2. The molecule has 1 heterocycles. The van der Waals surface area contributed by atoms with E-state index in [0.717, 1.165) is 10.9 Å². The Morgan fingerprint density at radius 2 is 1.96 bits per heavy atom. The number of hydrogen-bond acceptors (Lipinski definition) is 3. The molecule has 2 N–H and O–H groups in total. The zero-order chi connectivity index (χ0) is 19.8. The summed E-state index contributed by atoms with van der Waals surface area (Å²) < 4.78 is 41.8. The van der Waals surface area contributed by atoms with Crippen LogP contribution in [0.1, 0.15) is 40.9 Å². The SMILES string of the molecule is Cc1ccccc1-n1ncc(C(=O)N[C@H]2CC[C@@H](C(=O)O)C2)c1C(F)(F)F. The van der Waals surface area contributed by atoms with Gasteiger partial charge >= 0.3 is 12.1 Å². The third kappa shape index (κ3) is 3.81. The lowest BCUT2D eigenvalue weighted by atomic mass is 10.1. The third-order valence-corrected chi connectivity index (χ3v) is 4.74. The predicted molar refractivity (Wildman–Crippen MR) is 89.5 cm³/mol. The number of aliphatic carboxylic acids is 1. The molecule has 1 aliphatic carbocycles. The van der Waals surface area contributed by atoms with E-state index >= 15 is 0 Å². The van der Waals surface area contributed by atoms with Crippen LogP contribution in [-0.4, -0.2) is 32.8 Å². The van der Waals surface area contributed by atoms with Gasteiger partial charge in [-0.1, -0.05) is 18.2 Å². The molecule has 3 rings (SSSR count). The van der Waals surface area contributed by atoms with E-state index in [-0.39, 0.29) is 12.1 Å². The largest absolute Gasteiger partial charge is 0.481 e. The Balaban J connectivity index is 1.91. The van der Waals surface area contributed by atoms with Gasteiger partial charge in [0, 0.05) is 6.04 Å². The van der Waals surface area contributed by atoms with Crippen molar-refractivity contribution in [1.82, 2.24) is 15.1 Å². The average Bonchev–Trinajstić information content (AvgIpc) is 3.21. The molecule has 0 aliphatic heterocycles. The quantitative estimate of drug-likeness (QED) is 0.852. The normalized spacial score (nSPS) is 19.9. The van der Waals surface area contributed by atoms with Gasteiger partial charge in [0.2, 0.25) is 0 Å². The van der Waals surface area contributed by atoms with Crippen molar-refractivity contribution in [3.05, 3.63) is 47.3 Å². The molecule has 2 atom stereocenters. The summed E-state index contributed by atoms with van der Waals surface area (Å²) in [6.45, 7) is 1.65. The van der Waals surface area contributed by atoms with Gasteiger partial charge < -0.3 is 10.4 Å². The van der Waals surface area contributed by atoms with Gasteiger partial charge in [-0.2, -0.15) is 18.3 Å². The van der Waals surface area contributed by atoms with Crippen molar-refractivity contribution in [2.24, 2.45) is 5.92 Å². The summed E-state index contributed by atoms with van der Waals surface area (Å²) in [7, 11) is 0. The number of hydrogen-bond donors (Lipinski definition) is 2. The Kier molecular flexibility index (Phi) is 4.95. The summed E-state index contributed by atoms with van der Waals surface area (Å²) in [6, 6.07) is 5.97. The molecule has 0 bridgehead atoms. The van der Waals surface area contributed by atoms with Gasteiger partial charge in [0.1, 0.15) is 0 Å². The highest BCUT2D eigenvalue weighted by atomic mass is 19.4. The molecule has 1 amide bonds. The molecule has 9 heteroatoms. The van der Waals surface area contributed by atoms with Crippen LogP contribution < -0.4 is 5.32 Å². The molecule has 1 aromatic carbocycles. The van der Waals surface area contributed by atoms with E-state index in [2.05, 4.69) is 10.4 Å². The number of nitrogens with one attached hydrogen (secondary N) is 1. The fourth-order valence-corrected chi connectivity index (χ4v) is 3.37. The molecule has 0 saturated heterocycles. The minimum Gasteiger partial charge on any atom is -0.481 e. The summed E-state index contributed by atoms with van der Waals surface area (Å²) in [5, 5.41) is 15.3. The van der Waals surface area contributed by atoms with Crippen LogP contribution in [0.25, 0.3) is 5.69 Å². The number of carboxylic acid groups (broad SMARTS) is 1. The summed E-state index contributed by atoms with van der Waals surface area (Å²) in [5.74, 6) is -2.46. The standard InChI is InChI=1S/C18H18F3N3O3/c1-10-4-2-3-5-14(10)24-15(18(19,20)21)13(9-22-24)16(25)23-12-7-6-11(8-12)17(26)27/h2-5,9,11-12H,6-8H2,1H3,(H,23,25)(H,26,27)/t11-,12+/m1/s1. The number of amides is 1. The zero-order valence-electron chi connectivity index (χ0n) is 14.5. The molecule has 1 fully saturated rings. The maximum atomic E-state index is 13.7. The van der Waals surface area contributed by atoms with Gasteiger partial charge in [0.15, 0.2) is 5.69 Å². The Morgan fingerprint density at radius 1 is 1.26 bits per heavy atom. The van der Waals surface area contributed by atoms with E-state index in [4.69, 9.17) is 5.11 Å². The van der Waals surface area contributed by atoms with E-state index in [1.807, 2.05) is 0 Å². The fourth-order valence-electron chi connectivity index (χ4n) is 3.37. The first-order valence-corrected chi connectivity index (χ1v) is 8.43. The lowest BCUT2D eigenvalue weighted by Crippen LogP contribution is -2.34. The summed E-state index contributed by atoms with van der Waals surface area (Å²) in [5.41, 5.74) is -0.916. The first-order valence-electron chi connectivity index (χ1n) is 8.43. The highest BCUT2D eigenvalue weighted by Crippen LogP contribution is 2.34. The highest BCUT2D eigenvalue weighted by Gasteiger charge is 2.41. The molecule has 0 spiro atoms. The number of aryl methyl sites for hydroxylation is 1. The second-order valence-corrected chi connectivity index (χ2v) is 6.62. The maximum absolute atomic E-state index is 13.7. The maximum Gasteiger partial charge on any atom is 0.434 e. The van der Waals surface area contributed by atoms with Crippen molar-refractivity contribution in [2.75, 3.05) is 0 Å². The lowest BCUT2D eigenvalue weighted by Gasteiger charge is -2.16. The summed E-state index contributed by atoms with van der Waals surface area (Å²) >= 11 is 0. The molecule has 2 aromatic rings. The Bertz CT molecular complexity index is 876. The van der Waals surface area contributed by atoms with Gasteiger partial charge in [0.25, 0.3) is 5.91 Å². The van der Waals surface area contributed by atoms with Crippen LogP contribution in [0, 0.1) is 12.8 Å². The van der Waals surface area contributed by atoms with Crippen LogP contribution in [0.5, 0.6) is 0 Å². The molecule has 1 aromatic heterocycles. The Morgan fingerprint density at radius 3 is 2.56 bits per heavy atom. The summed E-state index contributed by atoms with van der Waals surface area (Å²) in [4.78, 5) is 23.5. The van der Waals surface area contributed by atoms with Gasteiger partial charge in [-0.15, -0.1) is 0 Å². The molecular formula is C18H18F3N3O3. The topological polar surface area (TPSA) is 84.2 Å². The average molecular weight is 381 g/mol. The third-order valence-electron chi connectivity index (χ3n) is 4.74. The first kappa shape index (κ1) is 18.9. The zero-order valence-corrected chi connectivity index (χ0v) is 14.5. The van der Waals surface area contributed by atoms with Crippen molar-refractivity contribution in [2.45, 2.75) is 38.4 Å². The molecule has 0 unspecified atom stereocenters. The van der Waals surface area contributed by atoms with Gasteiger partial charge in [-0.05, 0) is 37.8 Å². The number of alkyl halides is 3. The number of nitrogens with zero attached hydrogens (tertiary/aromatic N) is 2. The van der Waals surface area contributed by atoms with E-state index < -0.39 is 41.3 Å². The second-order valence-electron chi connectivity index (χ2n) is 6.62. The summed E-state index contributed by atoms with van der Waals surface area (Å²) in [6.07, 6.45) is -2.89. The molecular weight excluding hydrogens is 363 g/mol. The monoisotopic (exact) mass is 381 g/mol. The fraction of sp³-hybridized carbons (Fsp3) is 0.389. The Hall–Kier alpha value is -2.84. The molecule has 27 heavy (non-hydrogen) atoms.